The van der Waals surface area contributed by atoms with E-state index in [0.717, 1.165) is 25.9 Å². The molecule has 2 aliphatic heterocycles. The number of piperidine rings is 1. The number of methoxy groups -OCH3 is 2. The van der Waals surface area contributed by atoms with Crippen molar-refractivity contribution in [2.24, 2.45) is 5.92 Å². The van der Waals surface area contributed by atoms with Crippen LogP contribution >= 0.6 is 0 Å². The number of esters is 1. The predicted octanol–water partition coefficient (Wildman–Crippen LogP) is 3.74. The lowest BCUT2D eigenvalue weighted by Gasteiger charge is -2.44. The highest BCUT2D eigenvalue weighted by atomic mass is 16.5. The van der Waals surface area contributed by atoms with E-state index in [-0.39, 0.29) is 17.9 Å². The number of fused-ring (bicyclic) bond motifs is 5. The SMILES string of the molecule is C/C=C1/CN2CCc3c([nH]c4ccccc34)C2CC1C(=COC)C(=O)OC. The molecule has 1 N–H and O–H groups in total. The fourth-order valence-corrected chi connectivity index (χ4v) is 4.68. The summed E-state index contributed by atoms with van der Waals surface area (Å²) in [5, 5.41) is 1.32. The number of benzene rings is 1. The molecule has 0 bridgehead atoms. The summed E-state index contributed by atoms with van der Waals surface area (Å²) in [7, 11) is 3.00. The van der Waals surface area contributed by atoms with Gasteiger partial charge in [-0.3, -0.25) is 4.90 Å². The minimum atomic E-state index is -0.317. The third-order valence-corrected chi connectivity index (χ3v) is 5.97. The van der Waals surface area contributed by atoms with Crippen LogP contribution in [0.2, 0.25) is 0 Å². The number of para-hydroxylation sites is 1. The zero-order chi connectivity index (χ0) is 19.0. The minimum Gasteiger partial charge on any atom is -0.504 e. The number of nitrogens with one attached hydrogen (secondary N) is 1. The van der Waals surface area contributed by atoms with Gasteiger partial charge in [0.1, 0.15) is 0 Å². The molecule has 0 aliphatic carbocycles. The van der Waals surface area contributed by atoms with Gasteiger partial charge < -0.3 is 14.5 Å². The molecule has 4 rings (SSSR count). The number of aromatic nitrogens is 1. The molecule has 3 heterocycles. The van der Waals surface area contributed by atoms with E-state index in [0.29, 0.717) is 5.57 Å². The van der Waals surface area contributed by atoms with Crippen molar-refractivity contribution in [1.29, 1.82) is 0 Å². The second-order valence-electron chi connectivity index (χ2n) is 7.25. The smallest absolute Gasteiger partial charge is 0.337 e. The van der Waals surface area contributed by atoms with Crippen LogP contribution in [0.4, 0.5) is 0 Å². The molecule has 0 spiro atoms. The Kier molecular flexibility index (Phi) is 4.79. The van der Waals surface area contributed by atoms with Gasteiger partial charge >= 0.3 is 5.97 Å². The lowest BCUT2D eigenvalue weighted by atomic mass is 9.78. The number of nitrogens with zero attached hydrogens (tertiary/aromatic N) is 1. The van der Waals surface area contributed by atoms with Gasteiger partial charge in [0.25, 0.3) is 0 Å². The first-order valence-corrected chi connectivity index (χ1v) is 9.47. The molecule has 1 fully saturated rings. The van der Waals surface area contributed by atoms with E-state index < -0.39 is 0 Å². The molecule has 27 heavy (non-hydrogen) atoms. The van der Waals surface area contributed by atoms with Gasteiger partial charge in [0.05, 0.1) is 32.1 Å². The normalized spacial score (nSPS) is 24.6. The second kappa shape index (κ2) is 7.24. The number of allylic oxidation sites excluding steroid dienone is 1. The summed E-state index contributed by atoms with van der Waals surface area (Å²) in [5.74, 6) is -0.316. The van der Waals surface area contributed by atoms with Crippen LogP contribution in [0.15, 0.2) is 47.7 Å². The van der Waals surface area contributed by atoms with Crippen LogP contribution in [0.3, 0.4) is 0 Å². The third kappa shape index (κ3) is 2.96. The molecule has 2 atom stereocenters. The second-order valence-corrected chi connectivity index (χ2v) is 7.25. The monoisotopic (exact) mass is 366 g/mol. The number of rotatable bonds is 3. The summed E-state index contributed by atoms with van der Waals surface area (Å²) < 4.78 is 10.2. The molecule has 2 aromatic rings. The number of carbonyl (C=O) groups excluding carboxylic acids is 1. The molecule has 0 saturated carbocycles. The Labute approximate surface area is 159 Å². The highest BCUT2D eigenvalue weighted by Crippen LogP contribution is 2.44. The van der Waals surface area contributed by atoms with Crippen LogP contribution in [0.5, 0.6) is 0 Å². The van der Waals surface area contributed by atoms with Crippen LogP contribution in [0, 0.1) is 5.92 Å². The largest absolute Gasteiger partial charge is 0.504 e. The lowest BCUT2D eigenvalue weighted by Crippen LogP contribution is -2.43. The Morgan fingerprint density at radius 3 is 2.85 bits per heavy atom. The van der Waals surface area contributed by atoms with Crippen molar-refractivity contribution < 1.29 is 14.3 Å². The lowest BCUT2D eigenvalue weighted by molar-refractivity contribution is -0.137. The molecule has 1 aromatic heterocycles. The molecule has 2 aliphatic rings. The van der Waals surface area contributed by atoms with Gasteiger partial charge in [-0.2, -0.15) is 0 Å². The fraction of sp³-hybridized carbons (Fsp3) is 0.409. The Balaban J connectivity index is 1.75. The van der Waals surface area contributed by atoms with Gasteiger partial charge in [-0.05, 0) is 31.4 Å². The summed E-state index contributed by atoms with van der Waals surface area (Å²) in [5.41, 5.74) is 5.75. The Morgan fingerprint density at radius 2 is 2.11 bits per heavy atom. The van der Waals surface area contributed by atoms with Crippen molar-refractivity contribution in [2.75, 3.05) is 27.3 Å². The number of ether oxygens (including phenoxy) is 2. The minimum absolute atomic E-state index is 0.000937. The molecule has 5 heteroatoms. The molecular weight excluding hydrogens is 340 g/mol. The molecule has 0 radical (unpaired) electrons. The summed E-state index contributed by atoms with van der Waals surface area (Å²) >= 11 is 0. The summed E-state index contributed by atoms with van der Waals surface area (Å²) in [6, 6.07) is 8.77. The van der Waals surface area contributed by atoms with E-state index in [9.17, 15) is 4.79 Å². The third-order valence-electron chi connectivity index (χ3n) is 5.97. The zero-order valence-electron chi connectivity index (χ0n) is 16.1. The Morgan fingerprint density at radius 1 is 1.30 bits per heavy atom. The highest BCUT2D eigenvalue weighted by molar-refractivity contribution is 5.89. The van der Waals surface area contributed by atoms with Crippen molar-refractivity contribution >= 4 is 16.9 Å². The van der Waals surface area contributed by atoms with E-state index >= 15 is 0 Å². The average Bonchev–Trinajstić information content (AvgIpc) is 3.09. The highest BCUT2D eigenvalue weighted by Gasteiger charge is 2.40. The molecule has 1 aromatic carbocycles. The predicted molar refractivity (Wildman–Crippen MR) is 105 cm³/mol. The molecule has 142 valence electrons. The van der Waals surface area contributed by atoms with E-state index in [1.807, 2.05) is 6.92 Å². The van der Waals surface area contributed by atoms with E-state index in [1.54, 1.807) is 13.4 Å². The van der Waals surface area contributed by atoms with Crippen molar-refractivity contribution in [2.45, 2.75) is 25.8 Å². The van der Waals surface area contributed by atoms with Crippen LogP contribution in [-0.4, -0.2) is 43.2 Å². The van der Waals surface area contributed by atoms with Gasteiger partial charge in [0, 0.05) is 35.6 Å². The summed E-state index contributed by atoms with van der Waals surface area (Å²) in [6.45, 7) is 3.94. The van der Waals surface area contributed by atoms with Crippen LogP contribution in [0.1, 0.15) is 30.6 Å². The maximum atomic E-state index is 12.4. The van der Waals surface area contributed by atoms with Crippen LogP contribution in [-0.2, 0) is 20.7 Å². The van der Waals surface area contributed by atoms with Crippen molar-refractivity contribution in [1.82, 2.24) is 9.88 Å². The van der Waals surface area contributed by atoms with E-state index in [1.165, 1.54) is 34.8 Å². The van der Waals surface area contributed by atoms with E-state index in [4.69, 9.17) is 9.47 Å². The van der Waals surface area contributed by atoms with Gasteiger partial charge in [-0.1, -0.05) is 29.8 Å². The summed E-state index contributed by atoms with van der Waals surface area (Å²) in [4.78, 5) is 18.6. The first kappa shape index (κ1) is 17.9. The number of hydrogen-bond donors (Lipinski definition) is 1. The number of H-pyrrole nitrogens is 1. The van der Waals surface area contributed by atoms with Crippen molar-refractivity contribution in [3.63, 3.8) is 0 Å². The van der Waals surface area contributed by atoms with Crippen molar-refractivity contribution in [3.8, 4) is 0 Å². The molecule has 5 nitrogen and oxygen atoms in total. The van der Waals surface area contributed by atoms with Gasteiger partial charge in [-0.25, -0.2) is 4.79 Å². The maximum Gasteiger partial charge on any atom is 0.337 e. The fourth-order valence-electron chi connectivity index (χ4n) is 4.68. The zero-order valence-corrected chi connectivity index (χ0v) is 16.1. The maximum absolute atomic E-state index is 12.4. The van der Waals surface area contributed by atoms with Crippen LogP contribution < -0.4 is 0 Å². The number of hydrogen-bond acceptors (Lipinski definition) is 4. The molecule has 2 unspecified atom stereocenters. The molecule has 0 amide bonds. The van der Waals surface area contributed by atoms with Gasteiger partial charge in [-0.15, -0.1) is 0 Å². The molecular formula is C22H26N2O3. The van der Waals surface area contributed by atoms with Crippen molar-refractivity contribution in [3.05, 3.63) is 59.0 Å². The first-order chi connectivity index (χ1) is 13.2. The number of carbonyl (C=O) groups is 1. The van der Waals surface area contributed by atoms with E-state index in [2.05, 4.69) is 40.2 Å². The van der Waals surface area contributed by atoms with Gasteiger partial charge in [0.15, 0.2) is 0 Å². The number of aromatic amines is 1. The Hall–Kier alpha value is -2.53. The standard InChI is InChI=1S/C22H26N2O3/c1-4-14-12-24-10-9-16-15-7-5-6-8-19(15)23-21(16)20(24)11-17(14)18(13-26-2)22(25)27-3/h4-8,13,17,20,23H,9-12H2,1-3H3/b14-4-,18-13?. The Bertz CT molecular complexity index is 925. The summed E-state index contributed by atoms with van der Waals surface area (Å²) in [6.07, 6.45) is 5.57. The quantitative estimate of drug-likeness (QED) is 0.389. The van der Waals surface area contributed by atoms with Crippen LogP contribution in [0.25, 0.3) is 10.9 Å². The topological polar surface area (TPSA) is 54.6 Å². The van der Waals surface area contributed by atoms with Gasteiger partial charge in [0.2, 0.25) is 0 Å². The first-order valence-electron chi connectivity index (χ1n) is 9.47. The molecule has 1 saturated heterocycles. The average molecular weight is 366 g/mol.